The molecule has 0 radical (unpaired) electrons. The van der Waals surface area contributed by atoms with Crippen LogP contribution >= 0.6 is 11.6 Å². The molecule has 1 fully saturated rings. The number of rotatable bonds is 2. The Morgan fingerprint density at radius 2 is 1.81 bits per heavy atom. The molecule has 0 atom stereocenters. The number of hydrogen-bond acceptors (Lipinski definition) is 5. The Kier molecular flexibility index (Phi) is 4.35. The van der Waals surface area contributed by atoms with Gasteiger partial charge in [0.25, 0.3) is 0 Å². The molecule has 0 amide bonds. The molecule has 1 aromatic carbocycles. The Labute approximate surface area is 163 Å². The minimum Gasteiger partial charge on any atom is -0.385 e. The summed E-state index contributed by atoms with van der Waals surface area (Å²) in [5.41, 5.74) is 0.579. The molecule has 3 aromatic rings. The first-order valence-electron chi connectivity index (χ1n) is 9.21. The standard InChI is InChI=1S/C20H24ClN5O/c1-19(2,3)26-18-14(12-24-26)17(22-13-23-18)25-10-8-20(27,9-11-25)15-6-4-5-7-16(15)21/h4-7,12-13,27H,8-11H2,1-3H3. The summed E-state index contributed by atoms with van der Waals surface area (Å²) in [6, 6.07) is 7.54. The van der Waals surface area contributed by atoms with Crippen LogP contribution in [0.2, 0.25) is 5.02 Å². The Morgan fingerprint density at radius 1 is 1.11 bits per heavy atom. The zero-order chi connectivity index (χ0) is 19.2. The molecule has 2 aromatic heterocycles. The number of hydrogen-bond donors (Lipinski definition) is 1. The van der Waals surface area contributed by atoms with Gasteiger partial charge in [0.2, 0.25) is 0 Å². The average Bonchev–Trinajstić information content (AvgIpc) is 3.07. The van der Waals surface area contributed by atoms with Gasteiger partial charge < -0.3 is 10.0 Å². The highest BCUT2D eigenvalue weighted by Crippen LogP contribution is 2.38. The van der Waals surface area contributed by atoms with Crippen LogP contribution < -0.4 is 4.90 Å². The lowest BCUT2D eigenvalue weighted by molar-refractivity contribution is 0.0118. The van der Waals surface area contributed by atoms with E-state index in [0.717, 1.165) is 22.4 Å². The molecule has 3 heterocycles. The van der Waals surface area contributed by atoms with Crippen LogP contribution in [0.25, 0.3) is 11.0 Å². The molecule has 1 aliphatic rings. The summed E-state index contributed by atoms with van der Waals surface area (Å²) < 4.78 is 1.93. The molecule has 6 nitrogen and oxygen atoms in total. The summed E-state index contributed by atoms with van der Waals surface area (Å²) in [7, 11) is 0. The van der Waals surface area contributed by atoms with Gasteiger partial charge in [0.15, 0.2) is 5.65 Å². The average molecular weight is 386 g/mol. The second kappa shape index (κ2) is 6.46. The van der Waals surface area contributed by atoms with Gasteiger partial charge in [-0.05, 0) is 39.7 Å². The van der Waals surface area contributed by atoms with Gasteiger partial charge in [-0.2, -0.15) is 5.10 Å². The van der Waals surface area contributed by atoms with Crippen molar-refractivity contribution in [2.75, 3.05) is 18.0 Å². The van der Waals surface area contributed by atoms with Crippen LogP contribution in [0.5, 0.6) is 0 Å². The highest BCUT2D eigenvalue weighted by atomic mass is 35.5. The lowest BCUT2D eigenvalue weighted by Gasteiger charge is -2.39. The van der Waals surface area contributed by atoms with E-state index in [2.05, 4.69) is 40.7 Å². The quantitative estimate of drug-likeness (QED) is 0.728. The molecule has 27 heavy (non-hydrogen) atoms. The van der Waals surface area contributed by atoms with Crippen LogP contribution in [0, 0.1) is 0 Å². The predicted molar refractivity (Wildman–Crippen MR) is 107 cm³/mol. The number of benzene rings is 1. The first-order chi connectivity index (χ1) is 12.8. The number of piperidine rings is 1. The van der Waals surface area contributed by atoms with Crippen LogP contribution in [0.3, 0.4) is 0 Å². The molecule has 0 saturated carbocycles. The van der Waals surface area contributed by atoms with Crippen molar-refractivity contribution in [1.82, 2.24) is 19.7 Å². The van der Waals surface area contributed by atoms with E-state index in [1.165, 1.54) is 0 Å². The van der Waals surface area contributed by atoms with E-state index >= 15 is 0 Å². The Balaban J connectivity index is 1.62. The maximum absolute atomic E-state index is 11.2. The molecule has 0 bridgehead atoms. The number of aromatic nitrogens is 4. The lowest BCUT2D eigenvalue weighted by atomic mass is 9.84. The molecule has 0 unspecified atom stereocenters. The van der Waals surface area contributed by atoms with E-state index in [9.17, 15) is 5.11 Å². The summed E-state index contributed by atoms with van der Waals surface area (Å²) >= 11 is 6.32. The van der Waals surface area contributed by atoms with E-state index in [0.29, 0.717) is 31.0 Å². The summed E-state index contributed by atoms with van der Waals surface area (Å²) in [5.74, 6) is 0.872. The van der Waals surface area contributed by atoms with Gasteiger partial charge in [-0.15, -0.1) is 0 Å². The minimum atomic E-state index is -0.906. The van der Waals surface area contributed by atoms with Gasteiger partial charge in [0.1, 0.15) is 12.1 Å². The molecule has 4 rings (SSSR count). The van der Waals surface area contributed by atoms with Crippen molar-refractivity contribution in [3.05, 3.63) is 47.4 Å². The summed E-state index contributed by atoms with van der Waals surface area (Å²) in [4.78, 5) is 11.2. The van der Waals surface area contributed by atoms with E-state index in [4.69, 9.17) is 11.6 Å². The lowest BCUT2D eigenvalue weighted by Crippen LogP contribution is -2.43. The fraction of sp³-hybridized carbons (Fsp3) is 0.450. The summed E-state index contributed by atoms with van der Waals surface area (Å²) in [6.45, 7) is 7.69. The maximum Gasteiger partial charge on any atom is 0.163 e. The number of fused-ring (bicyclic) bond motifs is 1. The molecule has 1 aliphatic heterocycles. The second-order valence-corrected chi connectivity index (χ2v) is 8.57. The van der Waals surface area contributed by atoms with Crippen LogP contribution in [-0.4, -0.2) is 37.9 Å². The molecule has 142 valence electrons. The Bertz CT molecular complexity index is 970. The van der Waals surface area contributed by atoms with E-state index in [1.807, 2.05) is 35.1 Å². The third-order valence-electron chi connectivity index (χ3n) is 5.25. The first-order valence-corrected chi connectivity index (χ1v) is 9.59. The fourth-order valence-electron chi connectivity index (χ4n) is 3.77. The van der Waals surface area contributed by atoms with Crippen molar-refractivity contribution < 1.29 is 5.11 Å². The Morgan fingerprint density at radius 3 is 2.48 bits per heavy atom. The van der Waals surface area contributed by atoms with Crippen molar-refractivity contribution in [3.8, 4) is 0 Å². The molecular weight excluding hydrogens is 362 g/mol. The summed E-state index contributed by atoms with van der Waals surface area (Å²) in [6.07, 6.45) is 4.62. The van der Waals surface area contributed by atoms with Gasteiger partial charge in [-0.1, -0.05) is 29.8 Å². The zero-order valence-electron chi connectivity index (χ0n) is 15.9. The van der Waals surface area contributed by atoms with E-state index in [1.54, 1.807) is 6.33 Å². The van der Waals surface area contributed by atoms with E-state index in [-0.39, 0.29) is 5.54 Å². The van der Waals surface area contributed by atoms with Crippen molar-refractivity contribution in [3.63, 3.8) is 0 Å². The van der Waals surface area contributed by atoms with E-state index < -0.39 is 5.60 Å². The second-order valence-electron chi connectivity index (χ2n) is 8.16. The monoisotopic (exact) mass is 385 g/mol. The largest absolute Gasteiger partial charge is 0.385 e. The molecule has 0 aliphatic carbocycles. The van der Waals surface area contributed by atoms with Gasteiger partial charge in [-0.3, -0.25) is 0 Å². The van der Waals surface area contributed by atoms with Crippen molar-refractivity contribution in [2.45, 2.75) is 44.8 Å². The van der Waals surface area contributed by atoms with Gasteiger partial charge in [0, 0.05) is 23.7 Å². The summed E-state index contributed by atoms with van der Waals surface area (Å²) in [5, 5.41) is 17.2. The fourth-order valence-corrected chi connectivity index (χ4v) is 4.08. The normalized spacial score (nSPS) is 17.4. The number of anilines is 1. The Hall–Kier alpha value is -2.18. The predicted octanol–water partition coefficient (Wildman–Crippen LogP) is 3.72. The first kappa shape index (κ1) is 18.2. The van der Waals surface area contributed by atoms with Gasteiger partial charge in [-0.25, -0.2) is 14.6 Å². The third-order valence-corrected chi connectivity index (χ3v) is 5.58. The third kappa shape index (κ3) is 3.17. The number of nitrogens with zero attached hydrogens (tertiary/aromatic N) is 5. The highest BCUT2D eigenvalue weighted by Gasteiger charge is 2.36. The topological polar surface area (TPSA) is 67.1 Å². The van der Waals surface area contributed by atoms with Crippen LogP contribution in [-0.2, 0) is 11.1 Å². The molecular formula is C20H24ClN5O. The highest BCUT2D eigenvalue weighted by molar-refractivity contribution is 6.31. The zero-order valence-corrected chi connectivity index (χ0v) is 16.6. The molecule has 1 saturated heterocycles. The number of aliphatic hydroxyl groups is 1. The molecule has 1 N–H and O–H groups in total. The smallest absolute Gasteiger partial charge is 0.163 e. The van der Waals surface area contributed by atoms with Crippen molar-refractivity contribution in [1.29, 1.82) is 0 Å². The minimum absolute atomic E-state index is 0.153. The van der Waals surface area contributed by atoms with Crippen LogP contribution in [0.4, 0.5) is 5.82 Å². The van der Waals surface area contributed by atoms with Crippen LogP contribution in [0.15, 0.2) is 36.8 Å². The van der Waals surface area contributed by atoms with Crippen molar-refractivity contribution in [2.24, 2.45) is 0 Å². The number of halogens is 1. The molecule has 7 heteroatoms. The van der Waals surface area contributed by atoms with Gasteiger partial charge in [0.05, 0.1) is 22.7 Å². The SMILES string of the molecule is CC(C)(C)n1ncc2c(N3CCC(O)(c4ccccc4Cl)CC3)ncnc21. The van der Waals surface area contributed by atoms with Crippen LogP contribution in [0.1, 0.15) is 39.2 Å². The van der Waals surface area contributed by atoms with Gasteiger partial charge >= 0.3 is 0 Å². The van der Waals surface area contributed by atoms with Crippen molar-refractivity contribution >= 4 is 28.5 Å². The maximum atomic E-state index is 11.2. The molecule has 0 spiro atoms.